The van der Waals surface area contributed by atoms with E-state index in [2.05, 4.69) is 10.3 Å². The topological polar surface area (TPSA) is 119 Å². The highest BCUT2D eigenvalue weighted by molar-refractivity contribution is 5.95. The van der Waals surface area contributed by atoms with Crippen LogP contribution in [0.25, 0.3) is 11.1 Å². The van der Waals surface area contributed by atoms with Crippen molar-refractivity contribution in [3.63, 3.8) is 0 Å². The maximum Gasteiger partial charge on any atom is 0.311 e. The summed E-state index contributed by atoms with van der Waals surface area (Å²) in [6, 6.07) is 17.9. The average Bonchev–Trinajstić information content (AvgIpc) is 2.82. The van der Waals surface area contributed by atoms with Crippen molar-refractivity contribution in [1.29, 1.82) is 5.41 Å². The third-order valence-electron chi connectivity index (χ3n) is 5.36. The number of H-pyrrole nitrogens is 1. The monoisotopic (exact) mass is 431 g/mol. The van der Waals surface area contributed by atoms with E-state index in [1.54, 1.807) is 37.3 Å². The number of aromatic nitrogens is 1. The lowest BCUT2D eigenvalue weighted by molar-refractivity contribution is -0.377. The van der Waals surface area contributed by atoms with Crippen LogP contribution in [0.2, 0.25) is 0 Å². The van der Waals surface area contributed by atoms with Crippen LogP contribution in [-0.2, 0) is 16.0 Å². The zero-order valence-corrected chi connectivity index (χ0v) is 18.1. The Labute approximate surface area is 187 Å². The number of pyridine rings is 1. The molecule has 3 rings (SSSR count). The van der Waals surface area contributed by atoms with Gasteiger partial charge in [-0.05, 0) is 48.2 Å². The molecule has 2 atom stereocenters. The molecule has 0 spiro atoms. The van der Waals surface area contributed by atoms with E-state index in [-0.39, 0.29) is 11.7 Å². The maximum absolute atomic E-state index is 12.8. The lowest BCUT2D eigenvalue weighted by atomic mass is 9.92. The summed E-state index contributed by atoms with van der Waals surface area (Å²) in [5, 5.41) is 10.5. The van der Waals surface area contributed by atoms with Crippen LogP contribution in [0.4, 0.5) is 0 Å². The van der Waals surface area contributed by atoms with Crippen LogP contribution >= 0.6 is 0 Å². The van der Waals surface area contributed by atoms with Crippen molar-refractivity contribution in [1.82, 2.24) is 5.32 Å². The molecule has 0 aliphatic rings. The van der Waals surface area contributed by atoms with Gasteiger partial charge in [0.15, 0.2) is 12.4 Å². The second-order valence-corrected chi connectivity index (χ2v) is 7.58. The van der Waals surface area contributed by atoms with Crippen molar-refractivity contribution in [2.75, 3.05) is 7.11 Å². The van der Waals surface area contributed by atoms with Crippen LogP contribution in [0.5, 0.6) is 0 Å². The van der Waals surface area contributed by atoms with Gasteiger partial charge >= 0.3 is 5.97 Å². The first-order valence-corrected chi connectivity index (χ1v) is 10.3. The first kappa shape index (κ1) is 22.7. The predicted molar refractivity (Wildman–Crippen MR) is 122 cm³/mol. The number of nitrogen functional groups attached to an aromatic ring is 1. The number of amides is 1. The quantitative estimate of drug-likeness (QED) is 0.288. The van der Waals surface area contributed by atoms with E-state index >= 15 is 0 Å². The van der Waals surface area contributed by atoms with E-state index in [9.17, 15) is 9.59 Å². The molecule has 2 aromatic carbocycles. The van der Waals surface area contributed by atoms with E-state index in [1.165, 1.54) is 7.11 Å². The number of benzene rings is 2. The number of hydrogen-bond acceptors (Lipinski definition) is 4. The Hall–Kier alpha value is -4.00. The molecule has 1 amide bonds. The first-order chi connectivity index (χ1) is 15.4. The van der Waals surface area contributed by atoms with Crippen LogP contribution in [-0.4, -0.2) is 30.9 Å². The normalized spacial score (nSPS) is 12.4. The van der Waals surface area contributed by atoms with Crippen molar-refractivity contribution in [3.8, 4) is 11.1 Å². The molecule has 0 aliphatic carbocycles. The summed E-state index contributed by atoms with van der Waals surface area (Å²) < 4.78 is 4.98. The molecule has 0 saturated carbocycles. The van der Waals surface area contributed by atoms with E-state index < -0.39 is 17.9 Å². The molecule has 1 heterocycles. The van der Waals surface area contributed by atoms with Crippen LogP contribution in [0.15, 0.2) is 73.1 Å². The summed E-state index contributed by atoms with van der Waals surface area (Å²) in [7, 11) is 1.33. The number of nitrogens with one attached hydrogen (secondary N) is 3. The Bertz CT molecular complexity index is 1100. The molecule has 1 aromatic heterocycles. The number of carbonyl (C=O) groups is 2. The van der Waals surface area contributed by atoms with Crippen LogP contribution in [0, 0.1) is 11.3 Å². The Morgan fingerprint density at radius 2 is 1.69 bits per heavy atom. The third-order valence-corrected chi connectivity index (χ3v) is 5.36. The molecule has 5 N–H and O–H groups in total. The van der Waals surface area contributed by atoms with Crippen LogP contribution in [0.3, 0.4) is 0 Å². The molecule has 0 fully saturated rings. The third kappa shape index (κ3) is 5.57. The number of ether oxygens (including phenoxy) is 1. The van der Waals surface area contributed by atoms with Crippen LogP contribution < -0.4 is 16.0 Å². The first-order valence-electron chi connectivity index (χ1n) is 10.3. The number of rotatable bonds is 8. The number of amidine groups is 1. The minimum Gasteiger partial charge on any atom is -0.469 e. The van der Waals surface area contributed by atoms with Crippen molar-refractivity contribution in [2.45, 2.75) is 19.4 Å². The fourth-order valence-electron chi connectivity index (χ4n) is 3.52. The van der Waals surface area contributed by atoms with Crippen LogP contribution in [0.1, 0.15) is 28.4 Å². The zero-order valence-electron chi connectivity index (χ0n) is 18.1. The standard InChI is InChI=1S/C25H26N4O3/c1-16(22(25(31)32-2)15-17-4-3-5-21(14-17)23(26)27)29-24(30)20-8-6-18(7-9-20)19-10-12-28-13-11-19/h3-14,16,22H,15H2,1-2H3,(H3,26,27)(H,29,30)/p+1/t16-,22-/m1/s1. The summed E-state index contributed by atoms with van der Waals surface area (Å²) in [5.41, 5.74) is 9.54. The van der Waals surface area contributed by atoms with Gasteiger partial charge in [0.25, 0.3) is 5.91 Å². The molecule has 0 bridgehead atoms. The summed E-state index contributed by atoms with van der Waals surface area (Å²) in [6.07, 6.45) is 4.03. The van der Waals surface area contributed by atoms with E-state index in [4.69, 9.17) is 15.9 Å². The molecule has 0 aliphatic heterocycles. The van der Waals surface area contributed by atoms with Gasteiger partial charge in [-0.3, -0.25) is 15.0 Å². The Balaban J connectivity index is 1.72. The SMILES string of the molecule is COC(=O)[C@H](Cc1cccc(C(=N)N)c1)[C@@H](C)NC(=O)c1ccc(-c2cc[nH+]cc2)cc1. The van der Waals surface area contributed by atoms with Gasteiger partial charge in [-0.2, -0.15) is 0 Å². The summed E-state index contributed by atoms with van der Waals surface area (Å²) in [6.45, 7) is 1.78. The predicted octanol–water partition coefficient (Wildman–Crippen LogP) is 2.60. The number of esters is 1. The largest absolute Gasteiger partial charge is 0.469 e. The maximum atomic E-state index is 12.8. The van der Waals surface area contributed by atoms with Crippen molar-refractivity contribution < 1.29 is 19.3 Å². The molecule has 3 aromatic rings. The number of aromatic amines is 1. The minimum atomic E-state index is -0.592. The molecule has 0 radical (unpaired) electrons. The van der Waals surface area contributed by atoms with Crippen molar-refractivity contribution >= 4 is 17.7 Å². The molecule has 7 heteroatoms. The molecule has 164 valence electrons. The summed E-state index contributed by atoms with van der Waals surface area (Å²) in [4.78, 5) is 28.2. The molecular formula is C25H27N4O3+. The highest BCUT2D eigenvalue weighted by Gasteiger charge is 2.28. The van der Waals surface area contributed by atoms with E-state index in [0.717, 1.165) is 16.7 Å². The minimum absolute atomic E-state index is 0.0418. The summed E-state index contributed by atoms with van der Waals surface area (Å²) >= 11 is 0. The van der Waals surface area contributed by atoms with E-state index in [1.807, 2.05) is 42.7 Å². The number of hydrogen-bond donors (Lipinski definition) is 3. The van der Waals surface area contributed by atoms with Gasteiger partial charge in [-0.15, -0.1) is 0 Å². The zero-order chi connectivity index (χ0) is 23.1. The van der Waals surface area contributed by atoms with Gasteiger partial charge in [0.1, 0.15) is 5.84 Å². The van der Waals surface area contributed by atoms with Gasteiger partial charge in [0, 0.05) is 29.3 Å². The highest BCUT2D eigenvalue weighted by atomic mass is 16.5. The molecule has 0 saturated heterocycles. The lowest BCUT2D eigenvalue weighted by Gasteiger charge is -2.23. The van der Waals surface area contributed by atoms with Gasteiger partial charge in [0.05, 0.1) is 13.0 Å². The molecule has 0 unspecified atom stereocenters. The number of nitrogens with two attached hydrogens (primary N) is 1. The molecule has 32 heavy (non-hydrogen) atoms. The summed E-state index contributed by atoms with van der Waals surface area (Å²) in [5.74, 6) is -1.31. The van der Waals surface area contributed by atoms with Gasteiger partial charge in [0.2, 0.25) is 0 Å². The molecule has 7 nitrogen and oxygen atoms in total. The average molecular weight is 432 g/mol. The highest BCUT2D eigenvalue weighted by Crippen LogP contribution is 2.19. The Kier molecular flexibility index (Phi) is 7.33. The van der Waals surface area contributed by atoms with E-state index in [0.29, 0.717) is 17.5 Å². The second kappa shape index (κ2) is 10.3. The van der Waals surface area contributed by atoms with Crippen molar-refractivity contribution in [3.05, 3.63) is 89.7 Å². The fourth-order valence-corrected chi connectivity index (χ4v) is 3.52. The van der Waals surface area contributed by atoms with Crippen molar-refractivity contribution in [2.24, 2.45) is 11.7 Å². The van der Waals surface area contributed by atoms with Gasteiger partial charge < -0.3 is 15.8 Å². The Morgan fingerprint density at radius 1 is 1.03 bits per heavy atom. The lowest BCUT2D eigenvalue weighted by Crippen LogP contribution is -2.42. The second-order valence-electron chi connectivity index (χ2n) is 7.58. The number of methoxy groups -OCH3 is 1. The molecular weight excluding hydrogens is 404 g/mol. The smallest absolute Gasteiger partial charge is 0.311 e. The fraction of sp³-hybridized carbons (Fsp3) is 0.200. The van der Waals surface area contributed by atoms with Gasteiger partial charge in [-0.1, -0.05) is 30.3 Å². The Morgan fingerprint density at radius 3 is 2.31 bits per heavy atom. The van der Waals surface area contributed by atoms with Gasteiger partial charge in [-0.25, -0.2) is 4.98 Å². The number of carbonyl (C=O) groups excluding carboxylic acids is 2.